The second-order valence-electron chi connectivity index (χ2n) is 4.30. The van der Waals surface area contributed by atoms with Gasteiger partial charge in [-0.15, -0.1) is 0 Å². The molecule has 82 valence electrons. The quantitative estimate of drug-likeness (QED) is 0.761. The molecule has 2 fully saturated rings. The Labute approximate surface area is 99.2 Å². The lowest BCUT2D eigenvalue weighted by Gasteiger charge is -2.13. The van der Waals surface area contributed by atoms with Gasteiger partial charge >= 0.3 is 0 Å². The average molecular weight is 232 g/mol. The van der Waals surface area contributed by atoms with E-state index in [-0.39, 0.29) is 11.9 Å². The first-order valence-corrected chi connectivity index (χ1v) is 5.87. The van der Waals surface area contributed by atoms with Gasteiger partial charge in [0, 0.05) is 0 Å². The Hall–Kier alpha value is -1.42. The molecular formula is C12H12N2OS. The maximum atomic E-state index is 11.7. The Morgan fingerprint density at radius 3 is 2.44 bits per heavy atom. The summed E-state index contributed by atoms with van der Waals surface area (Å²) in [6, 6.07) is 7.83. The van der Waals surface area contributed by atoms with Crippen LogP contribution in [0.3, 0.4) is 0 Å². The second kappa shape index (κ2) is 3.56. The third-order valence-electron chi connectivity index (χ3n) is 3.10. The summed E-state index contributed by atoms with van der Waals surface area (Å²) in [4.78, 5) is 11.7. The molecule has 16 heavy (non-hydrogen) atoms. The highest BCUT2D eigenvalue weighted by Crippen LogP contribution is 2.43. The normalized spacial score (nSPS) is 24.1. The summed E-state index contributed by atoms with van der Waals surface area (Å²) in [5.74, 6) is 0.595. The van der Waals surface area contributed by atoms with Crippen molar-refractivity contribution in [2.45, 2.75) is 24.8 Å². The van der Waals surface area contributed by atoms with Gasteiger partial charge in [-0.25, -0.2) is 0 Å². The Morgan fingerprint density at radius 1 is 1.19 bits per heavy atom. The maximum Gasteiger partial charge on any atom is 0.253 e. The zero-order valence-corrected chi connectivity index (χ0v) is 9.51. The minimum atomic E-state index is -0.302. The van der Waals surface area contributed by atoms with E-state index in [4.69, 9.17) is 12.2 Å². The fraction of sp³-hybridized carbons (Fsp3) is 0.333. The lowest BCUT2D eigenvalue weighted by Crippen LogP contribution is -2.21. The molecule has 2 N–H and O–H groups in total. The van der Waals surface area contributed by atoms with Gasteiger partial charge in [0.2, 0.25) is 0 Å². The second-order valence-corrected chi connectivity index (χ2v) is 4.71. The van der Waals surface area contributed by atoms with Gasteiger partial charge < -0.3 is 10.6 Å². The van der Waals surface area contributed by atoms with Crippen LogP contribution in [0.1, 0.15) is 35.9 Å². The molecule has 1 atom stereocenters. The highest BCUT2D eigenvalue weighted by Gasteiger charge is 2.34. The van der Waals surface area contributed by atoms with Crippen molar-refractivity contribution in [2.75, 3.05) is 0 Å². The van der Waals surface area contributed by atoms with E-state index >= 15 is 0 Å². The summed E-state index contributed by atoms with van der Waals surface area (Å²) in [5, 5.41) is 6.08. The van der Waals surface area contributed by atoms with E-state index < -0.39 is 0 Å². The molecule has 0 radical (unpaired) electrons. The molecule has 0 aromatic heterocycles. The fourth-order valence-electron chi connectivity index (χ4n) is 2.18. The third kappa shape index (κ3) is 1.59. The largest absolute Gasteiger partial charge is 0.347 e. The molecule has 0 spiro atoms. The first-order chi connectivity index (χ1) is 7.75. The molecule has 1 aromatic rings. The van der Waals surface area contributed by atoms with Gasteiger partial charge in [0.15, 0.2) is 5.11 Å². The number of carbonyl (C=O) groups is 1. The summed E-state index contributed by atoms with van der Waals surface area (Å²) in [5.41, 5.74) is 2.36. The summed E-state index contributed by atoms with van der Waals surface area (Å²) < 4.78 is 0. The lowest BCUT2D eigenvalue weighted by atomic mass is 9.97. The van der Waals surface area contributed by atoms with Gasteiger partial charge in [-0.3, -0.25) is 4.79 Å². The van der Waals surface area contributed by atoms with Crippen LogP contribution in [0.25, 0.3) is 0 Å². The van der Waals surface area contributed by atoms with Crippen molar-refractivity contribution in [1.29, 1.82) is 0 Å². The molecule has 4 heteroatoms. The number of hydrogen-bond donors (Lipinski definition) is 2. The fourth-order valence-corrected chi connectivity index (χ4v) is 2.39. The summed E-state index contributed by atoms with van der Waals surface area (Å²) in [6.45, 7) is 0. The molecule has 3 nitrogen and oxygen atoms in total. The standard InChI is InChI=1S/C12H12N2OS/c15-11-10(13-12(16)14-11)9-4-2-1-3-8(9)7-5-6-7/h1-4,7,10H,5-6H2,(H2,13,14,15,16). The van der Waals surface area contributed by atoms with E-state index in [1.54, 1.807) is 0 Å². The lowest BCUT2D eigenvalue weighted by molar-refractivity contribution is -0.120. The molecule has 1 aliphatic heterocycles. The predicted octanol–water partition coefficient (Wildman–Crippen LogP) is 1.61. The van der Waals surface area contributed by atoms with Crippen LogP contribution < -0.4 is 10.6 Å². The molecule has 1 heterocycles. The van der Waals surface area contributed by atoms with Gasteiger partial charge in [-0.05, 0) is 42.1 Å². The smallest absolute Gasteiger partial charge is 0.253 e. The highest BCUT2D eigenvalue weighted by atomic mass is 32.1. The van der Waals surface area contributed by atoms with Crippen LogP contribution in [0.15, 0.2) is 24.3 Å². The van der Waals surface area contributed by atoms with E-state index in [0.29, 0.717) is 11.0 Å². The molecule has 1 aliphatic carbocycles. The molecule has 1 unspecified atom stereocenters. The van der Waals surface area contributed by atoms with Crippen LogP contribution in [-0.4, -0.2) is 11.0 Å². The maximum absolute atomic E-state index is 11.7. The van der Waals surface area contributed by atoms with Gasteiger partial charge in [0.1, 0.15) is 6.04 Å². The first-order valence-electron chi connectivity index (χ1n) is 5.46. The number of rotatable bonds is 2. The van der Waals surface area contributed by atoms with E-state index in [0.717, 1.165) is 5.56 Å². The zero-order valence-electron chi connectivity index (χ0n) is 8.69. The first kappa shape index (κ1) is 9.78. The van der Waals surface area contributed by atoms with E-state index in [1.165, 1.54) is 18.4 Å². The summed E-state index contributed by atoms with van der Waals surface area (Å²) in [6.07, 6.45) is 2.46. The molecule has 2 aliphatic rings. The molecule has 1 aromatic carbocycles. The van der Waals surface area contributed by atoms with Crippen molar-refractivity contribution >= 4 is 23.2 Å². The number of amides is 1. The van der Waals surface area contributed by atoms with E-state index in [9.17, 15) is 4.79 Å². The zero-order chi connectivity index (χ0) is 11.1. The van der Waals surface area contributed by atoms with Crippen molar-refractivity contribution in [3.63, 3.8) is 0 Å². The SMILES string of the molecule is O=C1NC(=S)NC1c1ccccc1C1CC1. The van der Waals surface area contributed by atoms with Crippen LogP contribution in [0, 0.1) is 0 Å². The van der Waals surface area contributed by atoms with Crippen molar-refractivity contribution in [2.24, 2.45) is 0 Å². The minimum Gasteiger partial charge on any atom is -0.347 e. The van der Waals surface area contributed by atoms with Gasteiger partial charge in [-0.2, -0.15) is 0 Å². The monoisotopic (exact) mass is 232 g/mol. The van der Waals surface area contributed by atoms with Crippen LogP contribution >= 0.6 is 12.2 Å². The minimum absolute atomic E-state index is 0.0434. The van der Waals surface area contributed by atoms with Crippen LogP contribution in [0.4, 0.5) is 0 Å². The average Bonchev–Trinajstić information content (AvgIpc) is 3.05. The molecule has 1 amide bonds. The summed E-state index contributed by atoms with van der Waals surface area (Å²) in [7, 11) is 0. The molecule has 1 saturated heterocycles. The molecule has 1 saturated carbocycles. The van der Waals surface area contributed by atoms with Gasteiger partial charge in [0.05, 0.1) is 0 Å². The van der Waals surface area contributed by atoms with Gasteiger partial charge in [0.25, 0.3) is 5.91 Å². The van der Waals surface area contributed by atoms with Crippen LogP contribution in [0.5, 0.6) is 0 Å². The number of nitrogens with one attached hydrogen (secondary N) is 2. The number of thiocarbonyl (C=S) groups is 1. The number of hydrogen-bond acceptors (Lipinski definition) is 2. The topological polar surface area (TPSA) is 41.1 Å². The highest BCUT2D eigenvalue weighted by molar-refractivity contribution is 7.80. The summed E-state index contributed by atoms with van der Waals surface area (Å²) >= 11 is 4.95. The van der Waals surface area contributed by atoms with Crippen molar-refractivity contribution < 1.29 is 4.79 Å². The Morgan fingerprint density at radius 2 is 1.88 bits per heavy atom. The van der Waals surface area contributed by atoms with Crippen LogP contribution in [0.2, 0.25) is 0 Å². The van der Waals surface area contributed by atoms with E-state index in [1.807, 2.05) is 18.2 Å². The van der Waals surface area contributed by atoms with Crippen molar-refractivity contribution in [1.82, 2.24) is 10.6 Å². The van der Waals surface area contributed by atoms with Gasteiger partial charge in [-0.1, -0.05) is 24.3 Å². The molecule has 0 bridgehead atoms. The Balaban J connectivity index is 1.99. The number of carbonyl (C=O) groups excluding carboxylic acids is 1. The molecule has 3 rings (SSSR count). The van der Waals surface area contributed by atoms with Crippen LogP contribution in [-0.2, 0) is 4.79 Å². The van der Waals surface area contributed by atoms with Crippen molar-refractivity contribution in [3.8, 4) is 0 Å². The predicted molar refractivity (Wildman–Crippen MR) is 65.0 cm³/mol. The third-order valence-corrected chi connectivity index (χ3v) is 3.32. The number of benzene rings is 1. The molecular weight excluding hydrogens is 220 g/mol. The Bertz CT molecular complexity index is 468. The van der Waals surface area contributed by atoms with Crippen molar-refractivity contribution in [3.05, 3.63) is 35.4 Å². The van der Waals surface area contributed by atoms with E-state index in [2.05, 4.69) is 16.7 Å². The Kier molecular flexibility index (Phi) is 2.17.